The SMILES string of the molecule is CN=C(NCCCn1nc(C)cc1C)NCc1cc(C)ccc1OC(F)F.I. The quantitative estimate of drug-likeness (QED) is 0.247. The van der Waals surface area contributed by atoms with E-state index in [0.29, 0.717) is 24.6 Å². The second-order valence-electron chi connectivity index (χ2n) is 6.35. The molecule has 0 aliphatic carbocycles. The summed E-state index contributed by atoms with van der Waals surface area (Å²) in [5.74, 6) is 0.774. The number of hydrogen-bond acceptors (Lipinski definition) is 3. The van der Waals surface area contributed by atoms with Crippen LogP contribution in [-0.4, -0.2) is 35.9 Å². The Labute approximate surface area is 181 Å². The molecular weight excluding hydrogens is 479 g/mol. The van der Waals surface area contributed by atoms with Gasteiger partial charge in [0.2, 0.25) is 0 Å². The average Bonchev–Trinajstić information content (AvgIpc) is 2.93. The Balaban J connectivity index is 0.00000392. The van der Waals surface area contributed by atoms with Crippen LogP contribution in [0.5, 0.6) is 5.75 Å². The molecule has 1 heterocycles. The molecule has 28 heavy (non-hydrogen) atoms. The van der Waals surface area contributed by atoms with Gasteiger partial charge in [-0.1, -0.05) is 17.7 Å². The number of nitrogens with zero attached hydrogens (tertiary/aromatic N) is 3. The van der Waals surface area contributed by atoms with Gasteiger partial charge in [-0.25, -0.2) is 0 Å². The first-order valence-corrected chi connectivity index (χ1v) is 8.89. The molecule has 2 rings (SSSR count). The van der Waals surface area contributed by atoms with Gasteiger partial charge in [0, 0.05) is 37.9 Å². The van der Waals surface area contributed by atoms with E-state index in [1.165, 1.54) is 0 Å². The number of benzene rings is 1. The summed E-state index contributed by atoms with van der Waals surface area (Å²) in [6, 6.07) is 7.17. The summed E-state index contributed by atoms with van der Waals surface area (Å²) in [5.41, 5.74) is 3.78. The molecule has 0 amide bonds. The summed E-state index contributed by atoms with van der Waals surface area (Å²) < 4.78 is 31.7. The Morgan fingerprint density at radius 2 is 1.96 bits per heavy atom. The number of aliphatic imine (C=N–C) groups is 1. The van der Waals surface area contributed by atoms with Crippen molar-refractivity contribution in [2.75, 3.05) is 13.6 Å². The minimum absolute atomic E-state index is 0. The zero-order valence-corrected chi connectivity index (χ0v) is 19.0. The average molecular weight is 507 g/mol. The molecule has 2 aromatic rings. The number of nitrogens with one attached hydrogen (secondary N) is 2. The molecule has 0 saturated heterocycles. The monoisotopic (exact) mass is 507 g/mol. The highest BCUT2D eigenvalue weighted by Gasteiger charge is 2.10. The zero-order chi connectivity index (χ0) is 19.8. The van der Waals surface area contributed by atoms with Crippen LogP contribution in [0, 0.1) is 20.8 Å². The summed E-state index contributed by atoms with van der Waals surface area (Å²) in [6.45, 7) is 4.93. The maximum atomic E-state index is 12.6. The molecule has 1 aromatic carbocycles. The van der Waals surface area contributed by atoms with Crippen LogP contribution in [0.4, 0.5) is 8.78 Å². The van der Waals surface area contributed by atoms with Gasteiger partial charge in [0.25, 0.3) is 0 Å². The van der Waals surface area contributed by atoms with E-state index in [0.717, 1.165) is 29.9 Å². The Morgan fingerprint density at radius 1 is 1.21 bits per heavy atom. The van der Waals surface area contributed by atoms with Crippen molar-refractivity contribution >= 4 is 29.9 Å². The van der Waals surface area contributed by atoms with Gasteiger partial charge in [-0.05, 0) is 39.3 Å². The molecule has 0 atom stereocenters. The van der Waals surface area contributed by atoms with E-state index < -0.39 is 6.61 Å². The van der Waals surface area contributed by atoms with Gasteiger partial charge < -0.3 is 15.4 Å². The molecule has 0 saturated carbocycles. The lowest BCUT2D eigenvalue weighted by Gasteiger charge is -2.15. The number of aryl methyl sites for hydroxylation is 4. The van der Waals surface area contributed by atoms with Crippen LogP contribution >= 0.6 is 24.0 Å². The van der Waals surface area contributed by atoms with Crippen LogP contribution in [0.25, 0.3) is 0 Å². The number of guanidine groups is 1. The van der Waals surface area contributed by atoms with Crippen molar-refractivity contribution in [3.8, 4) is 5.75 Å². The lowest BCUT2D eigenvalue weighted by atomic mass is 10.1. The number of alkyl halides is 2. The van der Waals surface area contributed by atoms with Gasteiger partial charge in [-0.3, -0.25) is 9.67 Å². The zero-order valence-electron chi connectivity index (χ0n) is 16.6. The number of ether oxygens (including phenoxy) is 1. The summed E-state index contributed by atoms with van der Waals surface area (Å²) in [6.07, 6.45) is 0.882. The van der Waals surface area contributed by atoms with Crippen LogP contribution in [-0.2, 0) is 13.1 Å². The van der Waals surface area contributed by atoms with Crippen molar-refractivity contribution in [1.29, 1.82) is 0 Å². The van der Waals surface area contributed by atoms with E-state index >= 15 is 0 Å². The molecule has 1 aromatic heterocycles. The van der Waals surface area contributed by atoms with Crippen LogP contribution < -0.4 is 15.4 Å². The second kappa shape index (κ2) is 11.8. The van der Waals surface area contributed by atoms with Crippen molar-refractivity contribution < 1.29 is 13.5 Å². The van der Waals surface area contributed by atoms with Crippen molar-refractivity contribution in [2.45, 2.75) is 46.9 Å². The van der Waals surface area contributed by atoms with E-state index in [2.05, 4.69) is 31.5 Å². The van der Waals surface area contributed by atoms with Crippen LogP contribution in [0.1, 0.15) is 28.9 Å². The molecule has 0 aliphatic rings. The molecular formula is C19H28F2IN5O. The molecule has 0 radical (unpaired) electrons. The first-order valence-electron chi connectivity index (χ1n) is 8.89. The molecule has 156 valence electrons. The molecule has 2 N–H and O–H groups in total. The molecule has 0 spiro atoms. The number of hydrogen-bond donors (Lipinski definition) is 2. The third kappa shape index (κ3) is 7.61. The minimum atomic E-state index is -2.85. The van der Waals surface area contributed by atoms with E-state index in [1.54, 1.807) is 19.2 Å². The fourth-order valence-electron chi connectivity index (χ4n) is 2.79. The molecule has 0 fully saturated rings. The fraction of sp³-hybridized carbons (Fsp3) is 0.474. The third-order valence-electron chi connectivity index (χ3n) is 4.04. The highest BCUT2D eigenvalue weighted by Crippen LogP contribution is 2.21. The van der Waals surface area contributed by atoms with E-state index in [4.69, 9.17) is 0 Å². The predicted molar refractivity (Wildman–Crippen MR) is 118 cm³/mol. The Bertz CT molecular complexity index is 780. The van der Waals surface area contributed by atoms with E-state index in [9.17, 15) is 8.78 Å². The summed E-state index contributed by atoms with van der Waals surface area (Å²) in [5, 5.41) is 10.8. The van der Waals surface area contributed by atoms with Crippen LogP contribution in [0.15, 0.2) is 29.3 Å². The van der Waals surface area contributed by atoms with Gasteiger partial charge in [-0.15, -0.1) is 24.0 Å². The number of aromatic nitrogens is 2. The van der Waals surface area contributed by atoms with Crippen molar-refractivity contribution in [3.05, 3.63) is 46.8 Å². The molecule has 0 unspecified atom stereocenters. The van der Waals surface area contributed by atoms with Crippen molar-refractivity contribution in [3.63, 3.8) is 0 Å². The topological polar surface area (TPSA) is 63.5 Å². The molecule has 0 bridgehead atoms. The van der Waals surface area contributed by atoms with Gasteiger partial charge in [0.15, 0.2) is 5.96 Å². The number of rotatable bonds is 8. The third-order valence-corrected chi connectivity index (χ3v) is 4.04. The molecule has 0 aliphatic heterocycles. The standard InChI is InChI=1S/C19H27F2N5O.HI/c1-13-6-7-17(27-18(20)21)16(10-13)12-24-19(22-4)23-8-5-9-26-15(3)11-14(2)25-26;/h6-7,10-11,18H,5,8-9,12H2,1-4H3,(H2,22,23,24);1H. The molecule has 9 heteroatoms. The lowest BCUT2D eigenvalue weighted by Crippen LogP contribution is -2.37. The van der Waals surface area contributed by atoms with Gasteiger partial charge in [-0.2, -0.15) is 13.9 Å². The lowest BCUT2D eigenvalue weighted by molar-refractivity contribution is -0.0504. The minimum Gasteiger partial charge on any atom is -0.434 e. The normalized spacial score (nSPS) is 11.3. The Morgan fingerprint density at radius 3 is 2.57 bits per heavy atom. The van der Waals surface area contributed by atoms with Gasteiger partial charge >= 0.3 is 6.61 Å². The summed E-state index contributed by atoms with van der Waals surface area (Å²) >= 11 is 0. The first-order chi connectivity index (χ1) is 12.9. The van der Waals surface area contributed by atoms with Crippen molar-refractivity contribution in [2.24, 2.45) is 4.99 Å². The predicted octanol–water partition coefficient (Wildman–Crippen LogP) is 3.78. The smallest absolute Gasteiger partial charge is 0.387 e. The second-order valence-corrected chi connectivity index (χ2v) is 6.35. The van der Waals surface area contributed by atoms with Crippen LogP contribution in [0.2, 0.25) is 0 Å². The van der Waals surface area contributed by atoms with Gasteiger partial charge in [0.1, 0.15) is 5.75 Å². The summed E-state index contributed by atoms with van der Waals surface area (Å²) in [4.78, 5) is 4.17. The van der Waals surface area contributed by atoms with E-state index in [-0.39, 0.29) is 29.7 Å². The Hall–Kier alpha value is -1.91. The van der Waals surface area contributed by atoms with Crippen LogP contribution in [0.3, 0.4) is 0 Å². The van der Waals surface area contributed by atoms with Gasteiger partial charge in [0.05, 0.1) is 5.69 Å². The fourth-order valence-corrected chi connectivity index (χ4v) is 2.79. The van der Waals surface area contributed by atoms with Crippen molar-refractivity contribution in [1.82, 2.24) is 20.4 Å². The summed E-state index contributed by atoms with van der Waals surface area (Å²) in [7, 11) is 1.67. The maximum Gasteiger partial charge on any atom is 0.387 e. The van der Waals surface area contributed by atoms with E-state index in [1.807, 2.05) is 31.5 Å². The maximum absolute atomic E-state index is 12.6. The highest BCUT2D eigenvalue weighted by atomic mass is 127. The molecule has 6 nitrogen and oxygen atoms in total. The highest BCUT2D eigenvalue weighted by molar-refractivity contribution is 14.0. The number of halogens is 3. The largest absolute Gasteiger partial charge is 0.434 e. The first kappa shape index (κ1) is 24.1. The Kier molecular flexibility index (Phi) is 10.2.